The number of hydrogen-bond donors (Lipinski definition) is 0. The van der Waals surface area contributed by atoms with E-state index < -0.39 is 0 Å². The first-order valence-corrected chi connectivity index (χ1v) is 9.23. The minimum absolute atomic E-state index is 0.391. The van der Waals surface area contributed by atoms with Crippen molar-refractivity contribution in [3.63, 3.8) is 0 Å². The van der Waals surface area contributed by atoms with Crippen LogP contribution in [0.3, 0.4) is 0 Å². The number of carbonyl (C=O) groups is 1. The van der Waals surface area contributed by atoms with Gasteiger partial charge in [0.25, 0.3) is 0 Å². The smallest absolute Gasteiger partial charge is 0.150 e. The molecule has 138 valence electrons. The van der Waals surface area contributed by atoms with Crippen LogP contribution in [0.15, 0.2) is 36.4 Å². The average molecular weight is 352 g/mol. The molecule has 4 nitrogen and oxygen atoms in total. The lowest BCUT2D eigenvalue weighted by molar-refractivity contribution is 0.112. The SMILES string of the molecule is COc1ccc(C(C)N2CCN(c3c(C)cc(C=O)cc3C)CC2)cc1. The monoisotopic (exact) mass is 352 g/mol. The van der Waals surface area contributed by atoms with Crippen molar-refractivity contribution in [2.75, 3.05) is 38.2 Å². The number of nitrogens with zero attached hydrogens (tertiary/aromatic N) is 2. The van der Waals surface area contributed by atoms with Crippen molar-refractivity contribution in [1.29, 1.82) is 0 Å². The van der Waals surface area contributed by atoms with E-state index >= 15 is 0 Å². The zero-order valence-corrected chi connectivity index (χ0v) is 16.2. The number of aryl methyl sites for hydroxylation is 2. The summed E-state index contributed by atoms with van der Waals surface area (Å²) in [4.78, 5) is 16.0. The standard InChI is InChI=1S/C22H28N2O2/c1-16-13-19(15-25)14-17(2)22(16)24-11-9-23(10-12-24)18(3)20-5-7-21(26-4)8-6-20/h5-8,13-15,18H,9-12H2,1-4H3. The Morgan fingerprint density at radius 2 is 1.58 bits per heavy atom. The number of ether oxygens (including phenoxy) is 1. The lowest BCUT2D eigenvalue weighted by atomic mass is 10.0. The van der Waals surface area contributed by atoms with Gasteiger partial charge in [0.2, 0.25) is 0 Å². The van der Waals surface area contributed by atoms with E-state index in [9.17, 15) is 4.79 Å². The van der Waals surface area contributed by atoms with Crippen LogP contribution in [0, 0.1) is 13.8 Å². The molecule has 0 spiro atoms. The second-order valence-corrected chi connectivity index (χ2v) is 7.09. The number of methoxy groups -OCH3 is 1. The highest BCUT2D eigenvalue weighted by Gasteiger charge is 2.24. The van der Waals surface area contributed by atoms with Gasteiger partial charge in [0, 0.05) is 43.5 Å². The minimum Gasteiger partial charge on any atom is -0.497 e. The average Bonchev–Trinajstić information content (AvgIpc) is 2.67. The van der Waals surface area contributed by atoms with Crippen molar-refractivity contribution in [2.24, 2.45) is 0 Å². The number of anilines is 1. The third kappa shape index (κ3) is 3.75. The van der Waals surface area contributed by atoms with Gasteiger partial charge in [-0.05, 0) is 61.7 Å². The molecule has 26 heavy (non-hydrogen) atoms. The van der Waals surface area contributed by atoms with Crippen molar-refractivity contribution in [3.05, 3.63) is 58.7 Å². The number of carbonyl (C=O) groups excluding carboxylic acids is 1. The highest BCUT2D eigenvalue weighted by molar-refractivity contribution is 5.78. The molecule has 4 heteroatoms. The summed E-state index contributed by atoms with van der Waals surface area (Å²) >= 11 is 0. The molecular weight excluding hydrogens is 324 g/mol. The highest BCUT2D eigenvalue weighted by atomic mass is 16.5. The Hall–Kier alpha value is -2.33. The van der Waals surface area contributed by atoms with Crippen LogP contribution >= 0.6 is 0 Å². The molecule has 1 aliphatic rings. The zero-order valence-electron chi connectivity index (χ0n) is 16.2. The normalized spacial score (nSPS) is 16.4. The second kappa shape index (κ2) is 7.92. The zero-order chi connectivity index (χ0) is 18.7. The van der Waals surface area contributed by atoms with Gasteiger partial charge in [0.05, 0.1) is 7.11 Å². The fourth-order valence-corrected chi connectivity index (χ4v) is 3.98. The quantitative estimate of drug-likeness (QED) is 0.761. The third-order valence-corrected chi connectivity index (χ3v) is 5.43. The summed E-state index contributed by atoms with van der Waals surface area (Å²) in [6.45, 7) is 10.5. The maximum absolute atomic E-state index is 11.1. The second-order valence-electron chi connectivity index (χ2n) is 7.09. The van der Waals surface area contributed by atoms with E-state index in [4.69, 9.17) is 4.74 Å². The summed E-state index contributed by atoms with van der Waals surface area (Å²) in [5.41, 5.74) is 5.73. The Balaban J connectivity index is 1.68. The molecule has 0 aliphatic carbocycles. The van der Waals surface area contributed by atoms with Crippen LogP contribution in [0.4, 0.5) is 5.69 Å². The fourth-order valence-electron chi connectivity index (χ4n) is 3.98. The summed E-state index contributed by atoms with van der Waals surface area (Å²) in [6.07, 6.45) is 0.929. The summed E-state index contributed by atoms with van der Waals surface area (Å²) in [7, 11) is 1.70. The Kier molecular flexibility index (Phi) is 5.62. The Morgan fingerprint density at radius 3 is 2.08 bits per heavy atom. The molecule has 1 atom stereocenters. The van der Waals surface area contributed by atoms with Crippen LogP contribution in [0.1, 0.15) is 40.0 Å². The van der Waals surface area contributed by atoms with Gasteiger partial charge in [0.1, 0.15) is 12.0 Å². The molecule has 1 unspecified atom stereocenters. The molecule has 0 radical (unpaired) electrons. The summed E-state index contributed by atoms with van der Waals surface area (Å²) in [5.74, 6) is 0.899. The minimum atomic E-state index is 0.391. The fraction of sp³-hybridized carbons (Fsp3) is 0.409. The first kappa shape index (κ1) is 18.5. The van der Waals surface area contributed by atoms with Gasteiger partial charge in [-0.3, -0.25) is 9.69 Å². The van der Waals surface area contributed by atoms with Crippen molar-refractivity contribution < 1.29 is 9.53 Å². The van der Waals surface area contributed by atoms with E-state index in [-0.39, 0.29) is 0 Å². The van der Waals surface area contributed by atoms with Gasteiger partial charge in [-0.25, -0.2) is 0 Å². The molecule has 3 rings (SSSR count). The van der Waals surface area contributed by atoms with E-state index in [1.807, 2.05) is 24.3 Å². The van der Waals surface area contributed by atoms with Crippen molar-refractivity contribution >= 4 is 12.0 Å². The number of rotatable bonds is 5. The van der Waals surface area contributed by atoms with Crippen LogP contribution in [0.25, 0.3) is 0 Å². The lowest BCUT2D eigenvalue weighted by Crippen LogP contribution is -2.47. The van der Waals surface area contributed by atoms with E-state index in [1.54, 1.807) is 7.11 Å². The highest BCUT2D eigenvalue weighted by Crippen LogP contribution is 2.29. The Morgan fingerprint density at radius 1 is 1.00 bits per heavy atom. The molecular formula is C22H28N2O2. The number of hydrogen-bond acceptors (Lipinski definition) is 4. The summed E-state index contributed by atoms with van der Waals surface area (Å²) in [6, 6.07) is 12.7. The molecule has 1 fully saturated rings. The van der Waals surface area contributed by atoms with Crippen LogP contribution in [0.5, 0.6) is 5.75 Å². The molecule has 0 amide bonds. The molecule has 1 saturated heterocycles. The molecule has 0 N–H and O–H groups in total. The number of benzene rings is 2. The first-order valence-electron chi connectivity index (χ1n) is 9.23. The molecule has 1 heterocycles. The van der Waals surface area contributed by atoms with Crippen molar-refractivity contribution in [3.8, 4) is 5.75 Å². The van der Waals surface area contributed by atoms with Gasteiger partial charge in [-0.15, -0.1) is 0 Å². The van der Waals surface area contributed by atoms with E-state index in [0.29, 0.717) is 6.04 Å². The Labute approximate surface area is 156 Å². The summed E-state index contributed by atoms with van der Waals surface area (Å²) in [5, 5.41) is 0. The predicted octanol–water partition coefficient (Wildman–Crippen LogP) is 4.01. The maximum Gasteiger partial charge on any atom is 0.150 e. The van der Waals surface area contributed by atoms with Gasteiger partial charge >= 0.3 is 0 Å². The Bertz CT molecular complexity index is 739. The molecule has 2 aromatic rings. The van der Waals surface area contributed by atoms with E-state index in [2.05, 4.69) is 42.7 Å². The molecule has 0 aromatic heterocycles. The van der Waals surface area contributed by atoms with Gasteiger partial charge in [-0.1, -0.05) is 12.1 Å². The topological polar surface area (TPSA) is 32.8 Å². The molecule has 0 saturated carbocycles. The lowest BCUT2D eigenvalue weighted by Gasteiger charge is -2.40. The van der Waals surface area contributed by atoms with Crippen molar-refractivity contribution in [2.45, 2.75) is 26.8 Å². The van der Waals surface area contributed by atoms with Gasteiger partial charge in [-0.2, -0.15) is 0 Å². The van der Waals surface area contributed by atoms with Crippen LogP contribution in [-0.2, 0) is 0 Å². The van der Waals surface area contributed by atoms with Crippen molar-refractivity contribution in [1.82, 2.24) is 4.90 Å². The van der Waals surface area contributed by atoms with Crippen LogP contribution in [0.2, 0.25) is 0 Å². The summed E-state index contributed by atoms with van der Waals surface area (Å²) < 4.78 is 5.25. The van der Waals surface area contributed by atoms with E-state index in [0.717, 1.165) is 43.8 Å². The van der Waals surface area contributed by atoms with Gasteiger partial charge < -0.3 is 9.64 Å². The maximum atomic E-state index is 11.1. The van der Waals surface area contributed by atoms with Crippen LogP contribution in [-0.4, -0.2) is 44.5 Å². The molecule has 0 bridgehead atoms. The van der Waals surface area contributed by atoms with Crippen LogP contribution < -0.4 is 9.64 Å². The first-order chi connectivity index (χ1) is 12.5. The third-order valence-electron chi connectivity index (χ3n) is 5.43. The number of piperazine rings is 1. The molecule has 2 aromatic carbocycles. The van der Waals surface area contributed by atoms with E-state index in [1.165, 1.54) is 22.4 Å². The number of aldehydes is 1. The largest absolute Gasteiger partial charge is 0.497 e. The molecule has 1 aliphatic heterocycles. The predicted molar refractivity (Wildman–Crippen MR) is 106 cm³/mol. The van der Waals surface area contributed by atoms with Gasteiger partial charge in [0.15, 0.2) is 0 Å².